The fraction of sp³-hybridized carbons (Fsp3) is 0.381. The van der Waals surface area contributed by atoms with Gasteiger partial charge in [-0.15, -0.1) is 11.3 Å². The standard InChI is InChI=1S/C21H23ClN2O5S/c1-3-28-19(25)14-6-5-7-15-16(14)17(20(26)29-4-2)18(30-15)24-21(27)23-13-10-8-12(22)9-11-13/h8-11,14H,3-7H2,1-2H3,(H2,23,24,27). The van der Waals surface area contributed by atoms with Gasteiger partial charge in [-0.2, -0.15) is 0 Å². The number of benzene rings is 1. The van der Waals surface area contributed by atoms with Gasteiger partial charge in [-0.25, -0.2) is 9.59 Å². The quantitative estimate of drug-likeness (QED) is 0.589. The number of aryl methyl sites for hydroxylation is 1. The molecule has 0 aliphatic heterocycles. The summed E-state index contributed by atoms with van der Waals surface area (Å²) in [6.45, 7) is 3.90. The zero-order valence-corrected chi connectivity index (χ0v) is 18.3. The smallest absolute Gasteiger partial charge is 0.341 e. The number of hydrogen-bond donors (Lipinski definition) is 2. The van der Waals surface area contributed by atoms with Crippen LogP contribution in [0.4, 0.5) is 15.5 Å². The first-order valence-corrected chi connectivity index (χ1v) is 11.0. The number of nitrogens with one attached hydrogen (secondary N) is 2. The van der Waals surface area contributed by atoms with Gasteiger partial charge in [-0.05, 0) is 62.9 Å². The summed E-state index contributed by atoms with van der Waals surface area (Å²) in [6, 6.07) is 6.16. The maximum Gasteiger partial charge on any atom is 0.341 e. The van der Waals surface area contributed by atoms with Crippen LogP contribution >= 0.6 is 22.9 Å². The fourth-order valence-corrected chi connectivity index (χ4v) is 4.84. The highest BCUT2D eigenvalue weighted by atomic mass is 35.5. The van der Waals surface area contributed by atoms with Crippen LogP contribution in [0.5, 0.6) is 0 Å². The molecule has 1 aromatic carbocycles. The Morgan fingerprint density at radius 1 is 1.10 bits per heavy atom. The van der Waals surface area contributed by atoms with Gasteiger partial charge < -0.3 is 14.8 Å². The van der Waals surface area contributed by atoms with Crippen molar-refractivity contribution in [2.75, 3.05) is 23.8 Å². The number of amides is 2. The second-order valence-corrected chi connectivity index (χ2v) is 8.19. The van der Waals surface area contributed by atoms with E-state index in [1.807, 2.05) is 0 Å². The average Bonchev–Trinajstić information content (AvgIpc) is 3.07. The third-order valence-electron chi connectivity index (χ3n) is 4.65. The van der Waals surface area contributed by atoms with Crippen LogP contribution in [-0.4, -0.2) is 31.2 Å². The summed E-state index contributed by atoms with van der Waals surface area (Å²) < 4.78 is 10.4. The molecule has 0 saturated heterocycles. The summed E-state index contributed by atoms with van der Waals surface area (Å²) in [6.07, 6.45) is 2.11. The van der Waals surface area contributed by atoms with E-state index in [2.05, 4.69) is 10.6 Å². The van der Waals surface area contributed by atoms with Gasteiger partial charge in [0.25, 0.3) is 0 Å². The number of urea groups is 1. The molecule has 30 heavy (non-hydrogen) atoms. The molecule has 0 spiro atoms. The van der Waals surface area contributed by atoms with Crippen molar-refractivity contribution in [2.24, 2.45) is 0 Å². The lowest BCUT2D eigenvalue weighted by atomic mass is 9.85. The largest absolute Gasteiger partial charge is 0.466 e. The van der Waals surface area contributed by atoms with E-state index in [9.17, 15) is 14.4 Å². The number of fused-ring (bicyclic) bond motifs is 1. The molecule has 1 aliphatic rings. The van der Waals surface area contributed by atoms with E-state index in [1.54, 1.807) is 38.1 Å². The van der Waals surface area contributed by atoms with Crippen molar-refractivity contribution in [1.29, 1.82) is 0 Å². The number of carbonyl (C=O) groups excluding carboxylic acids is 3. The third kappa shape index (κ3) is 4.94. The summed E-state index contributed by atoms with van der Waals surface area (Å²) in [5.74, 6) is -1.47. The second kappa shape index (κ2) is 9.95. The highest BCUT2D eigenvalue weighted by molar-refractivity contribution is 7.17. The molecule has 2 aromatic rings. The van der Waals surface area contributed by atoms with Crippen LogP contribution in [0.25, 0.3) is 0 Å². The zero-order valence-electron chi connectivity index (χ0n) is 16.7. The van der Waals surface area contributed by atoms with E-state index >= 15 is 0 Å². The van der Waals surface area contributed by atoms with Gasteiger partial charge in [0.05, 0.1) is 24.7 Å². The number of rotatable bonds is 6. The first-order valence-electron chi connectivity index (χ1n) is 9.77. The SMILES string of the molecule is CCOC(=O)c1c(NC(=O)Nc2ccc(Cl)cc2)sc2c1C(C(=O)OCC)CCC2. The lowest BCUT2D eigenvalue weighted by Crippen LogP contribution is -2.24. The highest BCUT2D eigenvalue weighted by Crippen LogP contribution is 2.44. The van der Waals surface area contributed by atoms with Crippen molar-refractivity contribution in [1.82, 2.24) is 0 Å². The minimum Gasteiger partial charge on any atom is -0.466 e. The lowest BCUT2D eigenvalue weighted by molar-refractivity contribution is -0.145. The molecule has 0 bridgehead atoms. The molecular weight excluding hydrogens is 428 g/mol. The molecule has 1 atom stereocenters. The summed E-state index contributed by atoms with van der Waals surface area (Å²) >= 11 is 7.16. The Morgan fingerprint density at radius 2 is 1.80 bits per heavy atom. The van der Waals surface area contributed by atoms with E-state index in [0.29, 0.717) is 27.7 Å². The highest BCUT2D eigenvalue weighted by Gasteiger charge is 2.36. The molecule has 1 aromatic heterocycles. The summed E-state index contributed by atoms with van der Waals surface area (Å²) in [5.41, 5.74) is 1.41. The molecule has 2 N–H and O–H groups in total. The number of ether oxygens (including phenoxy) is 2. The van der Waals surface area contributed by atoms with Crippen molar-refractivity contribution in [2.45, 2.75) is 39.0 Å². The fourth-order valence-electron chi connectivity index (χ4n) is 3.43. The molecule has 3 rings (SSSR count). The molecule has 160 valence electrons. The van der Waals surface area contributed by atoms with Crippen LogP contribution in [0.2, 0.25) is 5.02 Å². The number of esters is 2. The molecule has 0 radical (unpaired) electrons. The molecule has 1 heterocycles. The van der Waals surface area contributed by atoms with Crippen LogP contribution in [0.1, 0.15) is 53.4 Å². The average molecular weight is 451 g/mol. The molecule has 9 heteroatoms. The first kappa shape index (κ1) is 22.1. The minimum atomic E-state index is -0.562. The van der Waals surface area contributed by atoms with Gasteiger partial charge in [0.2, 0.25) is 0 Å². The third-order valence-corrected chi connectivity index (χ3v) is 6.08. The second-order valence-electron chi connectivity index (χ2n) is 6.65. The molecule has 2 amide bonds. The number of hydrogen-bond acceptors (Lipinski definition) is 6. The predicted octanol–water partition coefficient (Wildman–Crippen LogP) is 5.21. The van der Waals surface area contributed by atoms with Gasteiger partial charge in [-0.3, -0.25) is 10.1 Å². The maximum absolute atomic E-state index is 12.7. The van der Waals surface area contributed by atoms with Crippen LogP contribution in [0, 0.1) is 0 Å². The summed E-state index contributed by atoms with van der Waals surface area (Å²) in [7, 11) is 0. The Labute approximate surface area is 183 Å². The minimum absolute atomic E-state index is 0.184. The Morgan fingerprint density at radius 3 is 2.47 bits per heavy atom. The van der Waals surface area contributed by atoms with Crippen LogP contribution in [0.3, 0.4) is 0 Å². The van der Waals surface area contributed by atoms with Crippen molar-refractivity contribution < 1.29 is 23.9 Å². The zero-order chi connectivity index (χ0) is 21.7. The van der Waals surface area contributed by atoms with E-state index in [4.69, 9.17) is 21.1 Å². The van der Waals surface area contributed by atoms with E-state index in [1.165, 1.54) is 11.3 Å². The topological polar surface area (TPSA) is 93.7 Å². The molecular formula is C21H23ClN2O5S. The van der Waals surface area contributed by atoms with Gasteiger partial charge in [0.1, 0.15) is 5.00 Å². The molecule has 1 unspecified atom stereocenters. The Balaban J connectivity index is 1.92. The van der Waals surface area contributed by atoms with Gasteiger partial charge in [-0.1, -0.05) is 11.6 Å². The van der Waals surface area contributed by atoms with Gasteiger partial charge in [0, 0.05) is 15.6 Å². The lowest BCUT2D eigenvalue weighted by Gasteiger charge is -2.22. The summed E-state index contributed by atoms with van der Waals surface area (Å²) in [4.78, 5) is 38.7. The van der Waals surface area contributed by atoms with E-state index < -0.39 is 17.9 Å². The van der Waals surface area contributed by atoms with Crippen molar-refractivity contribution in [3.05, 3.63) is 45.3 Å². The van der Waals surface area contributed by atoms with Gasteiger partial charge >= 0.3 is 18.0 Å². The first-order chi connectivity index (χ1) is 14.4. The number of anilines is 2. The van der Waals surface area contributed by atoms with Crippen molar-refractivity contribution in [3.63, 3.8) is 0 Å². The van der Waals surface area contributed by atoms with Crippen molar-refractivity contribution in [3.8, 4) is 0 Å². The molecule has 1 aliphatic carbocycles. The summed E-state index contributed by atoms with van der Waals surface area (Å²) in [5, 5.41) is 6.37. The normalized spacial score (nSPS) is 15.1. The Bertz CT molecular complexity index is 942. The molecule has 0 saturated carbocycles. The Hall–Kier alpha value is -2.58. The molecule has 7 nitrogen and oxygen atoms in total. The molecule has 0 fully saturated rings. The maximum atomic E-state index is 12.7. The number of carbonyl (C=O) groups is 3. The van der Waals surface area contributed by atoms with Crippen LogP contribution in [0.15, 0.2) is 24.3 Å². The van der Waals surface area contributed by atoms with Crippen molar-refractivity contribution >= 4 is 51.6 Å². The van der Waals surface area contributed by atoms with Crippen LogP contribution in [-0.2, 0) is 20.7 Å². The van der Waals surface area contributed by atoms with Gasteiger partial charge in [0.15, 0.2) is 0 Å². The number of thiophene rings is 1. The number of halogens is 1. The Kier molecular flexibility index (Phi) is 7.33. The van der Waals surface area contributed by atoms with Crippen LogP contribution < -0.4 is 10.6 Å². The monoisotopic (exact) mass is 450 g/mol. The predicted molar refractivity (Wildman–Crippen MR) is 117 cm³/mol. The van der Waals surface area contributed by atoms with E-state index in [-0.39, 0.29) is 24.7 Å². The van der Waals surface area contributed by atoms with E-state index in [0.717, 1.165) is 17.7 Å².